The summed E-state index contributed by atoms with van der Waals surface area (Å²) in [5.74, 6) is 0.468. The zero-order valence-corrected chi connectivity index (χ0v) is 23.1. The van der Waals surface area contributed by atoms with E-state index in [1.54, 1.807) is 5.06 Å². The normalized spacial score (nSPS) is 22.4. The summed E-state index contributed by atoms with van der Waals surface area (Å²) in [6, 6.07) is 16.7. The average molecular weight is 544 g/mol. The number of hydrogen-bond donors (Lipinski definition) is 2. The summed E-state index contributed by atoms with van der Waals surface area (Å²) in [5.41, 5.74) is 4.94. The molecule has 0 bridgehead atoms. The number of fused-ring (bicyclic) bond motifs is 1. The molecule has 1 saturated carbocycles. The van der Waals surface area contributed by atoms with Crippen LogP contribution in [0.15, 0.2) is 60.8 Å². The van der Waals surface area contributed by atoms with Gasteiger partial charge in [0.1, 0.15) is 0 Å². The van der Waals surface area contributed by atoms with E-state index in [-0.39, 0.29) is 24.0 Å². The molecule has 0 atom stereocenters. The Morgan fingerprint density at radius 1 is 1.19 bits per heavy atom. The van der Waals surface area contributed by atoms with Crippen LogP contribution >= 0.6 is 24.0 Å². The van der Waals surface area contributed by atoms with Crippen LogP contribution in [0, 0.1) is 5.92 Å². The number of nitrogens with zero attached hydrogens (tertiary/aromatic N) is 2. The summed E-state index contributed by atoms with van der Waals surface area (Å²) in [7, 11) is 4.35. The van der Waals surface area contributed by atoms with E-state index in [9.17, 15) is 4.79 Å². The lowest BCUT2D eigenvalue weighted by Gasteiger charge is -2.45. The first-order valence-electron chi connectivity index (χ1n) is 12.8. The summed E-state index contributed by atoms with van der Waals surface area (Å²) >= 11 is 6.20. The van der Waals surface area contributed by atoms with Crippen LogP contribution < -0.4 is 5.32 Å². The highest BCUT2D eigenvalue weighted by Crippen LogP contribution is 2.42. The highest BCUT2D eigenvalue weighted by atomic mass is 35.5. The molecule has 0 saturated heterocycles. The lowest BCUT2D eigenvalue weighted by atomic mass is 9.72. The van der Waals surface area contributed by atoms with E-state index in [4.69, 9.17) is 16.4 Å². The van der Waals surface area contributed by atoms with Crippen molar-refractivity contribution in [1.82, 2.24) is 20.3 Å². The quantitative estimate of drug-likeness (QED) is 0.367. The zero-order chi connectivity index (χ0) is 25.1. The molecule has 2 heterocycles. The van der Waals surface area contributed by atoms with Crippen molar-refractivity contribution in [3.05, 3.63) is 77.0 Å². The molecule has 198 valence electrons. The van der Waals surface area contributed by atoms with Crippen molar-refractivity contribution in [1.29, 1.82) is 0 Å². The first-order chi connectivity index (χ1) is 17.4. The van der Waals surface area contributed by atoms with E-state index in [0.29, 0.717) is 25.6 Å². The largest absolute Gasteiger partial charge is 0.426 e. The van der Waals surface area contributed by atoms with Crippen molar-refractivity contribution in [3.8, 4) is 0 Å². The van der Waals surface area contributed by atoms with Gasteiger partial charge in [-0.1, -0.05) is 48.0 Å². The number of rotatable bonds is 6. The molecule has 8 heteroatoms. The number of amides is 1. The van der Waals surface area contributed by atoms with Gasteiger partial charge in [-0.2, -0.15) is 0 Å². The highest BCUT2D eigenvalue weighted by molar-refractivity contribution is 6.31. The Kier molecular flexibility index (Phi) is 8.86. The molecule has 1 amide bonds. The van der Waals surface area contributed by atoms with Gasteiger partial charge in [-0.15, -0.1) is 17.5 Å². The SMILES string of the molecule is CN(C)C1(c2ccccc2)CCC(CNC(=O)ON2CC=C(c3c[nH]c4ccc(Cl)cc34)CC2)CC1.Cl. The van der Waals surface area contributed by atoms with Crippen LogP contribution in [0.4, 0.5) is 4.79 Å². The average Bonchev–Trinajstić information content (AvgIpc) is 3.31. The Morgan fingerprint density at radius 2 is 1.95 bits per heavy atom. The van der Waals surface area contributed by atoms with Crippen molar-refractivity contribution in [2.45, 2.75) is 37.6 Å². The van der Waals surface area contributed by atoms with E-state index in [1.807, 2.05) is 24.4 Å². The summed E-state index contributed by atoms with van der Waals surface area (Å²) in [4.78, 5) is 23.8. The minimum Gasteiger partial charge on any atom is -0.361 e. The molecule has 2 aliphatic rings. The van der Waals surface area contributed by atoms with Crippen LogP contribution in [0.1, 0.15) is 43.2 Å². The number of carbonyl (C=O) groups is 1. The van der Waals surface area contributed by atoms with E-state index in [0.717, 1.165) is 48.0 Å². The predicted octanol–water partition coefficient (Wildman–Crippen LogP) is 6.62. The van der Waals surface area contributed by atoms with Gasteiger partial charge < -0.3 is 15.1 Å². The lowest BCUT2D eigenvalue weighted by Crippen LogP contribution is -2.46. The Balaban J connectivity index is 0.00000320. The molecule has 1 aliphatic heterocycles. The smallest absolute Gasteiger partial charge is 0.361 e. The van der Waals surface area contributed by atoms with Crippen molar-refractivity contribution in [2.75, 3.05) is 33.7 Å². The van der Waals surface area contributed by atoms with Crippen LogP contribution in [-0.4, -0.2) is 54.8 Å². The topological polar surface area (TPSA) is 60.6 Å². The Morgan fingerprint density at radius 3 is 2.62 bits per heavy atom. The Bertz CT molecular complexity index is 1230. The maximum absolute atomic E-state index is 12.5. The van der Waals surface area contributed by atoms with E-state index < -0.39 is 0 Å². The van der Waals surface area contributed by atoms with Gasteiger partial charge in [0.2, 0.25) is 0 Å². The molecule has 37 heavy (non-hydrogen) atoms. The molecular weight excluding hydrogens is 507 g/mol. The lowest BCUT2D eigenvalue weighted by molar-refractivity contribution is -0.0917. The molecule has 2 aromatic carbocycles. The maximum Gasteiger partial charge on any atom is 0.426 e. The summed E-state index contributed by atoms with van der Waals surface area (Å²) in [5, 5.41) is 6.59. The molecular formula is C29H36Cl2N4O2. The van der Waals surface area contributed by atoms with Gasteiger partial charge in [0.25, 0.3) is 0 Å². The third-order valence-electron chi connectivity index (χ3n) is 8.01. The van der Waals surface area contributed by atoms with Crippen LogP contribution in [0.2, 0.25) is 5.02 Å². The first-order valence-corrected chi connectivity index (χ1v) is 13.2. The van der Waals surface area contributed by atoms with Gasteiger partial charge in [-0.25, -0.2) is 4.79 Å². The molecule has 2 N–H and O–H groups in total. The van der Waals surface area contributed by atoms with Gasteiger partial charge in [-0.3, -0.25) is 4.90 Å². The fourth-order valence-electron chi connectivity index (χ4n) is 5.82. The van der Waals surface area contributed by atoms with Crippen LogP contribution in [-0.2, 0) is 10.4 Å². The molecule has 1 fully saturated rings. The third kappa shape index (κ3) is 5.99. The standard InChI is InChI=1S/C29H35ClN4O2.ClH/c1-33(2)29(23-6-4-3-5-7-23)14-10-21(11-15-29)19-32-28(35)36-34-16-12-22(13-17-34)26-20-31-27-9-8-24(30)18-25(26)27;/h3-9,12,18,20-21,31H,10-11,13-17,19H2,1-2H3,(H,32,35);1H. The molecule has 0 unspecified atom stereocenters. The minimum absolute atomic E-state index is 0. The fraction of sp³-hybridized carbons (Fsp3) is 0.414. The van der Waals surface area contributed by atoms with Crippen molar-refractivity contribution in [3.63, 3.8) is 0 Å². The van der Waals surface area contributed by atoms with Gasteiger partial charge in [0.05, 0.1) is 6.54 Å². The first kappa shape index (κ1) is 27.5. The Hall–Kier alpha value is -2.51. The number of nitrogens with one attached hydrogen (secondary N) is 2. The van der Waals surface area contributed by atoms with Gasteiger partial charge >= 0.3 is 6.09 Å². The van der Waals surface area contributed by atoms with Gasteiger partial charge in [0.15, 0.2) is 0 Å². The van der Waals surface area contributed by atoms with Crippen molar-refractivity contribution >= 4 is 46.6 Å². The number of H-pyrrole nitrogens is 1. The van der Waals surface area contributed by atoms with Crippen molar-refractivity contribution < 1.29 is 9.63 Å². The molecule has 1 aromatic heterocycles. The van der Waals surface area contributed by atoms with Crippen LogP contribution in [0.5, 0.6) is 0 Å². The van der Waals surface area contributed by atoms with Gasteiger partial charge in [0, 0.05) is 46.3 Å². The fourth-order valence-corrected chi connectivity index (χ4v) is 5.99. The summed E-state index contributed by atoms with van der Waals surface area (Å²) < 4.78 is 0. The monoisotopic (exact) mass is 542 g/mol. The number of halogens is 2. The van der Waals surface area contributed by atoms with E-state index in [1.165, 1.54) is 16.7 Å². The van der Waals surface area contributed by atoms with Gasteiger partial charge in [-0.05, 0) is 81.5 Å². The number of hydrogen-bond acceptors (Lipinski definition) is 4. The summed E-state index contributed by atoms with van der Waals surface area (Å²) in [6.07, 6.45) is 8.94. The molecule has 5 rings (SSSR count). The van der Waals surface area contributed by atoms with Crippen molar-refractivity contribution in [2.24, 2.45) is 5.92 Å². The second kappa shape index (κ2) is 11.9. The number of carbonyl (C=O) groups excluding carboxylic acids is 1. The molecule has 1 aliphatic carbocycles. The Labute approximate surface area is 230 Å². The minimum atomic E-state index is -0.363. The number of aromatic amines is 1. The molecule has 3 aromatic rings. The summed E-state index contributed by atoms with van der Waals surface area (Å²) in [6.45, 7) is 1.89. The van der Waals surface area contributed by atoms with E-state index in [2.05, 4.69) is 65.7 Å². The second-order valence-electron chi connectivity index (χ2n) is 10.3. The molecule has 0 spiro atoms. The highest BCUT2D eigenvalue weighted by Gasteiger charge is 2.38. The molecule has 6 nitrogen and oxygen atoms in total. The van der Waals surface area contributed by atoms with E-state index >= 15 is 0 Å². The third-order valence-corrected chi connectivity index (χ3v) is 8.24. The zero-order valence-electron chi connectivity index (χ0n) is 21.5. The molecule has 0 radical (unpaired) electrons. The maximum atomic E-state index is 12.5. The number of hydroxylamine groups is 2. The number of benzene rings is 2. The van der Waals surface area contributed by atoms with Crippen LogP contribution in [0.25, 0.3) is 16.5 Å². The second-order valence-corrected chi connectivity index (χ2v) is 10.7. The predicted molar refractivity (Wildman–Crippen MR) is 153 cm³/mol. The van der Waals surface area contributed by atoms with Crippen LogP contribution in [0.3, 0.4) is 0 Å². The number of aromatic nitrogens is 1.